The first kappa shape index (κ1) is 27.5. The van der Waals surface area contributed by atoms with Gasteiger partial charge in [-0.2, -0.15) is 0 Å². The zero-order valence-corrected chi connectivity index (χ0v) is 21.1. The van der Waals surface area contributed by atoms with Crippen LogP contribution in [-0.4, -0.2) is 65.8 Å². The van der Waals surface area contributed by atoms with Crippen molar-refractivity contribution in [3.05, 3.63) is 69.2 Å². The van der Waals surface area contributed by atoms with E-state index in [2.05, 4.69) is 6.58 Å². The van der Waals surface area contributed by atoms with Gasteiger partial charge in [0.2, 0.25) is 0 Å². The third kappa shape index (κ3) is 10.8. The molecule has 1 unspecified atom stereocenters. The number of allylic oxidation sites excluding steroid dienone is 1. The molecule has 0 bridgehead atoms. The minimum absolute atomic E-state index is 0.116. The van der Waals surface area contributed by atoms with E-state index in [0.29, 0.717) is 25.3 Å². The summed E-state index contributed by atoms with van der Waals surface area (Å²) in [7, 11) is 4.37. The molecule has 6 nitrogen and oxygen atoms in total. The molecule has 0 aliphatic heterocycles. The first-order valence-electron chi connectivity index (χ1n) is 10.5. The van der Waals surface area contributed by atoms with Crippen LogP contribution in [0.4, 0.5) is 4.79 Å². The minimum atomic E-state index is -0.762. The number of thiophene rings is 1. The summed E-state index contributed by atoms with van der Waals surface area (Å²) in [5, 5.41) is 22.1. The number of aliphatic hydroxyl groups excluding tert-OH is 2. The molecule has 1 amide bonds. The van der Waals surface area contributed by atoms with E-state index in [1.165, 1.54) is 26.5 Å². The van der Waals surface area contributed by atoms with Crippen LogP contribution >= 0.6 is 32.9 Å². The van der Waals surface area contributed by atoms with Crippen molar-refractivity contribution in [3.8, 4) is 0 Å². The van der Waals surface area contributed by atoms with E-state index in [4.69, 9.17) is 14.6 Å². The van der Waals surface area contributed by atoms with Crippen LogP contribution in [0.5, 0.6) is 0 Å². The molecule has 2 rings (SSSR count). The van der Waals surface area contributed by atoms with E-state index < -0.39 is 12.2 Å². The van der Waals surface area contributed by atoms with Gasteiger partial charge in [-0.05, 0) is 28.3 Å². The van der Waals surface area contributed by atoms with Gasteiger partial charge in [-0.15, -0.1) is 11.3 Å². The van der Waals surface area contributed by atoms with Gasteiger partial charge in [0.25, 0.3) is 0 Å². The molecule has 0 aliphatic rings. The summed E-state index contributed by atoms with van der Waals surface area (Å²) in [5.41, 5.74) is 0. The summed E-state index contributed by atoms with van der Waals surface area (Å²) in [6.07, 6.45) is 5.31. The van der Waals surface area contributed by atoms with Crippen molar-refractivity contribution in [3.63, 3.8) is 0 Å². The molecule has 1 aromatic carbocycles. The average molecular weight is 510 g/mol. The first-order chi connectivity index (χ1) is 16.0. The summed E-state index contributed by atoms with van der Waals surface area (Å²) >= 11 is 1.63. The molecule has 0 saturated carbocycles. The summed E-state index contributed by atoms with van der Waals surface area (Å²) in [6.45, 7) is 4.69. The number of rotatable bonds is 14. The highest BCUT2D eigenvalue weighted by atomic mass is 33.1. The zero-order valence-electron chi connectivity index (χ0n) is 18.7. The number of carbonyl (C=O) groups excluding carboxylic acids is 1. The highest BCUT2D eigenvalue weighted by Gasteiger charge is 2.17. The molecule has 2 aromatic rings. The number of hydrogen-bond acceptors (Lipinski definition) is 8. The molecule has 33 heavy (non-hydrogen) atoms. The van der Waals surface area contributed by atoms with Crippen molar-refractivity contribution in [2.75, 3.05) is 38.5 Å². The van der Waals surface area contributed by atoms with Crippen molar-refractivity contribution in [1.29, 1.82) is 0 Å². The van der Waals surface area contributed by atoms with Crippen molar-refractivity contribution in [2.24, 2.45) is 0 Å². The number of amides is 1. The van der Waals surface area contributed by atoms with E-state index in [-0.39, 0.29) is 18.6 Å². The van der Waals surface area contributed by atoms with Gasteiger partial charge < -0.3 is 24.6 Å². The Morgan fingerprint density at radius 2 is 2.09 bits per heavy atom. The van der Waals surface area contributed by atoms with E-state index in [1.807, 2.05) is 60.0 Å². The Balaban J connectivity index is 1.77. The topological polar surface area (TPSA) is 79.2 Å². The van der Waals surface area contributed by atoms with Crippen LogP contribution in [0.3, 0.4) is 0 Å². The summed E-state index contributed by atoms with van der Waals surface area (Å²) in [5.74, 6) is 0.553. The number of benzene rings is 1. The van der Waals surface area contributed by atoms with Gasteiger partial charge in [0.15, 0.2) is 0 Å². The lowest BCUT2D eigenvalue weighted by molar-refractivity contribution is 0.0604. The van der Waals surface area contributed by atoms with Crippen LogP contribution in [0, 0.1) is 0 Å². The van der Waals surface area contributed by atoms with Crippen LogP contribution < -0.4 is 10.4 Å². The fourth-order valence-electron chi connectivity index (χ4n) is 2.68. The second-order valence-corrected chi connectivity index (χ2v) is 10.5. The smallest absolute Gasteiger partial charge is 0.410 e. The van der Waals surface area contributed by atoms with Crippen LogP contribution in [0.25, 0.3) is 12.7 Å². The second-order valence-electron chi connectivity index (χ2n) is 7.11. The predicted octanol–water partition coefficient (Wildman–Crippen LogP) is 3.40. The van der Waals surface area contributed by atoms with Gasteiger partial charge in [0, 0.05) is 24.2 Å². The Bertz CT molecular complexity index is 951. The Morgan fingerprint density at radius 1 is 1.27 bits per heavy atom. The third-order valence-corrected chi connectivity index (χ3v) is 7.61. The number of nitrogens with zero attached hydrogens (tertiary/aromatic N) is 1. The van der Waals surface area contributed by atoms with Gasteiger partial charge in [-0.1, -0.05) is 76.7 Å². The maximum Gasteiger partial charge on any atom is 0.410 e. The van der Waals surface area contributed by atoms with Gasteiger partial charge in [-0.3, -0.25) is 0 Å². The molecular formula is C24H31NO5S3. The number of aliphatic hydroxyl groups is 2. The molecule has 0 aliphatic carbocycles. The molecule has 0 spiro atoms. The summed E-state index contributed by atoms with van der Waals surface area (Å²) < 4.78 is 11.3. The number of carbonyl (C=O) groups is 1. The summed E-state index contributed by atoms with van der Waals surface area (Å²) in [6, 6.07) is 12.0. The fraction of sp³-hybridized carbons (Fsp3) is 0.375. The Kier molecular flexibility index (Phi) is 13.3. The van der Waals surface area contributed by atoms with Crippen LogP contribution in [0.1, 0.15) is 17.4 Å². The monoisotopic (exact) mass is 509 g/mol. The van der Waals surface area contributed by atoms with Crippen molar-refractivity contribution in [1.82, 2.24) is 4.90 Å². The molecule has 0 radical (unpaired) electrons. The zero-order chi connectivity index (χ0) is 23.9. The molecular weight excluding hydrogens is 478 g/mol. The highest BCUT2D eigenvalue weighted by Crippen LogP contribution is 2.26. The molecule has 2 N–H and O–H groups in total. The van der Waals surface area contributed by atoms with Gasteiger partial charge in [-0.25, -0.2) is 4.79 Å². The average Bonchev–Trinajstić information content (AvgIpc) is 3.36. The van der Waals surface area contributed by atoms with Crippen LogP contribution in [-0.2, 0) is 9.47 Å². The largest absolute Gasteiger partial charge is 0.437 e. The standard InChI is InChI=1S/C24H31NO5S3/c1-19-8-3-4-9-20(19)10-5-6-14-29-22(23-11-7-15-31-23)12-13-25(2)24(28)30-18-33-32-17-21(27)16-26/h3-11,15,21-22,26-27H,1,12-14,16-18H2,2H3/b6-5-,20-10-/t21?,22-/m0/s1. The Hall–Kier alpha value is -1.75. The molecule has 1 heterocycles. The quantitative estimate of drug-likeness (QED) is 0.230. The molecule has 2 atom stereocenters. The van der Waals surface area contributed by atoms with Crippen molar-refractivity contribution >= 4 is 51.7 Å². The lowest BCUT2D eigenvalue weighted by Gasteiger charge is -2.21. The van der Waals surface area contributed by atoms with E-state index >= 15 is 0 Å². The molecule has 0 fully saturated rings. The van der Waals surface area contributed by atoms with Crippen molar-refractivity contribution in [2.45, 2.75) is 18.6 Å². The molecule has 0 saturated heterocycles. The molecule has 1 aromatic heterocycles. The number of ether oxygens (including phenoxy) is 2. The predicted molar refractivity (Wildman–Crippen MR) is 140 cm³/mol. The maximum atomic E-state index is 12.2. The van der Waals surface area contributed by atoms with Gasteiger partial charge in [0.1, 0.15) is 5.94 Å². The maximum absolute atomic E-state index is 12.2. The number of hydrogen-bond donors (Lipinski definition) is 2. The van der Waals surface area contributed by atoms with E-state index in [1.54, 1.807) is 18.4 Å². The van der Waals surface area contributed by atoms with E-state index in [9.17, 15) is 9.90 Å². The SMILES string of the molecule is C=c1cccc/c1=C/C=C\CO[C@@H](CCN(C)C(=O)OCSSCC(O)CO)c1cccs1. The Morgan fingerprint density at radius 3 is 2.82 bits per heavy atom. The second kappa shape index (κ2) is 16.0. The summed E-state index contributed by atoms with van der Waals surface area (Å²) in [4.78, 5) is 14.8. The van der Waals surface area contributed by atoms with Gasteiger partial charge in [0.05, 0.1) is 25.4 Å². The van der Waals surface area contributed by atoms with E-state index in [0.717, 1.165) is 15.3 Å². The first-order valence-corrected chi connectivity index (χ1v) is 13.8. The highest BCUT2D eigenvalue weighted by molar-refractivity contribution is 8.76. The molecule has 180 valence electrons. The lowest BCUT2D eigenvalue weighted by Crippen LogP contribution is -2.29. The van der Waals surface area contributed by atoms with Crippen LogP contribution in [0.2, 0.25) is 0 Å². The third-order valence-electron chi connectivity index (χ3n) is 4.54. The van der Waals surface area contributed by atoms with Gasteiger partial charge >= 0.3 is 6.09 Å². The molecule has 9 heteroatoms. The Labute approximate surface area is 207 Å². The fourth-order valence-corrected chi connectivity index (χ4v) is 5.17. The lowest BCUT2D eigenvalue weighted by atomic mass is 10.2. The minimum Gasteiger partial charge on any atom is -0.437 e. The van der Waals surface area contributed by atoms with Crippen LogP contribution in [0.15, 0.2) is 53.9 Å². The normalized spacial score (nSPS) is 13.8. The van der Waals surface area contributed by atoms with Crippen molar-refractivity contribution < 1.29 is 24.5 Å².